The van der Waals surface area contributed by atoms with Crippen LogP contribution in [0.5, 0.6) is 0 Å². The molecule has 1 amide bonds. The Kier molecular flexibility index (Phi) is 7.66. The summed E-state index contributed by atoms with van der Waals surface area (Å²) in [7, 11) is 0. The second-order valence-corrected chi connectivity index (χ2v) is 9.24. The van der Waals surface area contributed by atoms with Crippen molar-refractivity contribution in [3.8, 4) is 0 Å². The number of fused-ring (bicyclic) bond motifs is 1. The van der Waals surface area contributed by atoms with E-state index in [0.29, 0.717) is 19.5 Å². The molecule has 1 heterocycles. The molecule has 0 saturated carbocycles. The highest BCUT2D eigenvalue weighted by atomic mass is 16.4. The van der Waals surface area contributed by atoms with Crippen LogP contribution < -0.4 is 5.32 Å². The van der Waals surface area contributed by atoms with Crippen LogP contribution in [0.2, 0.25) is 0 Å². The molecule has 0 fully saturated rings. The Hall–Kier alpha value is -3.86. The second kappa shape index (κ2) is 11.0. The van der Waals surface area contributed by atoms with Crippen molar-refractivity contribution >= 4 is 22.8 Å². The summed E-state index contributed by atoms with van der Waals surface area (Å²) in [4.78, 5) is 24.4. The second-order valence-electron chi connectivity index (χ2n) is 9.24. The maximum Gasteiger partial charge on any atom is 0.306 e. The summed E-state index contributed by atoms with van der Waals surface area (Å²) in [5.41, 5.74) is 5.33. The lowest BCUT2D eigenvalue weighted by atomic mass is 9.95. The van der Waals surface area contributed by atoms with E-state index >= 15 is 0 Å². The third-order valence-electron chi connectivity index (χ3n) is 6.58. The number of hydrogen-bond donors (Lipinski definition) is 2. The van der Waals surface area contributed by atoms with Crippen molar-refractivity contribution in [2.24, 2.45) is 5.92 Å². The molecule has 0 spiro atoms. The van der Waals surface area contributed by atoms with Gasteiger partial charge in [0.25, 0.3) is 0 Å². The van der Waals surface area contributed by atoms with Crippen molar-refractivity contribution in [1.29, 1.82) is 0 Å². The molecule has 2 N–H and O–H groups in total. The average Bonchev–Trinajstić information content (AvgIpc) is 3.20. The highest BCUT2D eigenvalue weighted by molar-refractivity contribution is 5.89. The molecule has 0 aliphatic rings. The topological polar surface area (TPSA) is 71.3 Å². The Balaban J connectivity index is 1.56. The SMILES string of the molecule is CC(Cc1cn(Cc2ccccc2)c2ccc(C(C)C(=O)NCCc3ccccc3)cc12)C(=O)O. The fraction of sp³-hybridized carbons (Fsp3) is 0.267. The lowest BCUT2D eigenvalue weighted by Crippen LogP contribution is -2.29. The summed E-state index contributed by atoms with van der Waals surface area (Å²) in [5.74, 6) is -1.62. The average molecular weight is 469 g/mol. The van der Waals surface area contributed by atoms with Gasteiger partial charge >= 0.3 is 5.97 Å². The number of carbonyl (C=O) groups excluding carboxylic acids is 1. The Morgan fingerprint density at radius 3 is 2.23 bits per heavy atom. The molecular formula is C30H32N2O3. The summed E-state index contributed by atoms with van der Waals surface area (Å²) in [6, 6.07) is 26.4. The third-order valence-corrected chi connectivity index (χ3v) is 6.58. The first-order valence-corrected chi connectivity index (χ1v) is 12.1. The Bertz CT molecular complexity index is 1300. The van der Waals surface area contributed by atoms with Crippen molar-refractivity contribution in [2.45, 2.75) is 39.2 Å². The molecule has 0 aliphatic carbocycles. The largest absolute Gasteiger partial charge is 0.481 e. The normalized spacial score (nSPS) is 12.9. The molecule has 5 heteroatoms. The summed E-state index contributed by atoms with van der Waals surface area (Å²) < 4.78 is 2.17. The van der Waals surface area contributed by atoms with Gasteiger partial charge in [-0.05, 0) is 54.2 Å². The fourth-order valence-corrected chi connectivity index (χ4v) is 4.43. The van der Waals surface area contributed by atoms with Crippen LogP contribution in [0.1, 0.15) is 42.0 Å². The van der Waals surface area contributed by atoms with E-state index in [0.717, 1.165) is 28.5 Å². The first kappa shape index (κ1) is 24.3. The maximum atomic E-state index is 12.9. The van der Waals surface area contributed by atoms with E-state index < -0.39 is 11.9 Å². The first-order valence-electron chi connectivity index (χ1n) is 12.1. The lowest BCUT2D eigenvalue weighted by Gasteiger charge is -2.14. The number of rotatable bonds is 10. The zero-order valence-corrected chi connectivity index (χ0v) is 20.3. The Morgan fingerprint density at radius 1 is 0.914 bits per heavy atom. The molecule has 3 aromatic carbocycles. The van der Waals surface area contributed by atoms with Crippen molar-refractivity contribution in [1.82, 2.24) is 9.88 Å². The number of hydrogen-bond acceptors (Lipinski definition) is 2. The molecule has 0 aliphatic heterocycles. The van der Waals surface area contributed by atoms with Gasteiger partial charge in [-0.15, -0.1) is 0 Å². The van der Waals surface area contributed by atoms with Crippen molar-refractivity contribution < 1.29 is 14.7 Å². The van der Waals surface area contributed by atoms with Crippen LogP contribution in [-0.4, -0.2) is 28.1 Å². The van der Waals surface area contributed by atoms with Gasteiger partial charge in [0.05, 0.1) is 11.8 Å². The molecule has 0 saturated heterocycles. The molecule has 4 aromatic rings. The minimum Gasteiger partial charge on any atom is -0.481 e. The summed E-state index contributed by atoms with van der Waals surface area (Å²) in [6.07, 6.45) is 3.29. The predicted molar refractivity (Wildman–Crippen MR) is 140 cm³/mol. The summed E-state index contributed by atoms with van der Waals surface area (Å²) >= 11 is 0. The van der Waals surface area contributed by atoms with Crippen LogP contribution in [0.4, 0.5) is 0 Å². The van der Waals surface area contributed by atoms with Crippen LogP contribution in [0.15, 0.2) is 85.1 Å². The zero-order chi connectivity index (χ0) is 24.8. The van der Waals surface area contributed by atoms with Crippen LogP contribution >= 0.6 is 0 Å². The van der Waals surface area contributed by atoms with Gasteiger partial charge in [-0.2, -0.15) is 0 Å². The highest BCUT2D eigenvalue weighted by Crippen LogP contribution is 2.29. The highest BCUT2D eigenvalue weighted by Gasteiger charge is 2.20. The van der Waals surface area contributed by atoms with Crippen LogP contribution in [0.3, 0.4) is 0 Å². The van der Waals surface area contributed by atoms with Gasteiger partial charge in [0, 0.05) is 30.2 Å². The van der Waals surface area contributed by atoms with Crippen LogP contribution in [0.25, 0.3) is 10.9 Å². The van der Waals surface area contributed by atoms with E-state index in [1.165, 1.54) is 11.1 Å². The fourth-order valence-electron chi connectivity index (χ4n) is 4.43. The lowest BCUT2D eigenvalue weighted by molar-refractivity contribution is -0.141. The zero-order valence-electron chi connectivity index (χ0n) is 20.3. The smallest absolute Gasteiger partial charge is 0.306 e. The van der Waals surface area contributed by atoms with Gasteiger partial charge in [0.1, 0.15) is 0 Å². The molecule has 5 nitrogen and oxygen atoms in total. The quantitative estimate of drug-likeness (QED) is 0.327. The van der Waals surface area contributed by atoms with Gasteiger partial charge in [0.2, 0.25) is 5.91 Å². The molecule has 4 rings (SSSR count). The molecule has 180 valence electrons. The predicted octanol–water partition coefficient (Wildman–Crippen LogP) is 5.42. The van der Waals surface area contributed by atoms with Gasteiger partial charge in [0.15, 0.2) is 0 Å². The minimum atomic E-state index is -0.809. The van der Waals surface area contributed by atoms with E-state index in [-0.39, 0.29) is 11.8 Å². The number of nitrogens with zero attached hydrogens (tertiary/aromatic N) is 1. The van der Waals surface area contributed by atoms with Crippen molar-refractivity contribution in [3.05, 3.63) is 107 Å². The van der Waals surface area contributed by atoms with Gasteiger partial charge < -0.3 is 15.0 Å². The van der Waals surface area contributed by atoms with E-state index in [1.54, 1.807) is 6.92 Å². The van der Waals surface area contributed by atoms with Crippen LogP contribution in [-0.2, 0) is 29.0 Å². The third kappa shape index (κ3) is 5.99. The van der Waals surface area contributed by atoms with E-state index in [2.05, 4.69) is 52.5 Å². The maximum absolute atomic E-state index is 12.9. The number of nitrogens with one attached hydrogen (secondary N) is 1. The van der Waals surface area contributed by atoms with Gasteiger partial charge in [-0.25, -0.2) is 0 Å². The monoisotopic (exact) mass is 468 g/mol. The summed E-state index contributed by atoms with van der Waals surface area (Å²) in [6.45, 7) is 4.94. The van der Waals surface area contributed by atoms with Crippen molar-refractivity contribution in [2.75, 3.05) is 6.54 Å². The van der Waals surface area contributed by atoms with Gasteiger partial charge in [-0.3, -0.25) is 9.59 Å². The summed E-state index contributed by atoms with van der Waals surface area (Å²) in [5, 5.41) is 13.5. The minimum absolute atomic E-state index is 0.00977. The number of benzene rings is 3. The van der Waals surface area contributed by atoms with Gasteiger partial charge in [-0.1, -0.05) is 73.7 Å². The molecule has 0 bridgehead atoms. The number of amides is 1. The number of carbonyl (C=O) groups is 2. The number of aliphatic carboxylic acids is 1. The Morgan fingerprint density at radius 2 is 1.57 bits per heavy atom. The molecule has 0 radical (unpaired) electrons. The molecule has 2 unspecified atom stereocenters. The molecule has 35 heavy (non-hydrogen) atoms. The standard InChI is InChI=1S/C30H32N2O3/c1-21(30(34)35)17-26-20-32(19-24-11-7-4-8-12-24)28-14-13-25(18-27(26)28)22(2)29(33)31-16-15-23-9-5-3-6-10-23/h3-14,18,20-22H,15-17,19H2,1-2H3,(H,31,33)(H,34,35). The first-order chi connectivity index (χ1) is 16.9. The number of carboxylic acid groups (broad SMARTS) is 1. The molecule has 1 aromatic heterocycles. The van der Waals surface area contributed by atoms with Crippen molar-refractivity contribution in [3.63, 3.8) is 0 Å². The number of aromatic nitrogens is 1. The molecular weight excluding hydrogens is 436 g/mol. The van der Waals surface area contributed by atoms with E-state index in [1.807, 2.05) is 49.4 Å². The van der Waals surface area contributed by atoms with E-state index in [4.69, 9.17) is 0 Å². The Labute approximate surface area is 206 Å². The van der Waals surface area contributed by atoms with E-state index in [9.17, 15) is 14.7 Å². The molecule has 2 atom stereocenters. The number of carboxylic acids is 1. The van der Waals surface area contributed by atoms with Crippen LogP contribution in [0, 0.1) is 5.92 Å².